The van der Waals surface area contributed by atoms with E-state index in [9.17, 15) is 9.59 Å². The molecule has 0 radical (unpaired) electrons. The molecular formula is C22H29N3O3S. The van der Waals surface area contributed by atoms with Crippen LogP contribution in [-0.2, 0) is 11.2 Å². The average molecular weight is 416 g/mol. The van der Waals surface area contributed by atoms with E-state index in [4.69, 9.17) is 4.74 Å². The van der Waals surface area contributed by atoms with Crippen molar-refractivity contribution in [3.63, 3.8) is 0 Å². The van der Waals surface area contributed by atoms with Crippen LogP contribution in [0.3, 0.4) is 0 Å². The van der Waals surface area contributed by atoms with Gasteiger partial charge in [-0.15, -0.1) is 11.3 Å². The van der Waals surface area contributed by atoms with Gasteiger partial charge in [0, 0.05) is 42.2 Å². The predicted octanol–water partition coefficient (Wildman–Crippen LogP) is 3.34. The minimum Gasteiger partial charge on any atom is -0.379 e. The van der Waals surface area contributed by atoms with Crippen molar-refractivity contribution in [3.05, 3.63) is 44.9 Å². The van der Waals surface area contributed by atoms with Gasteiger partial charge in [0.1, 0.15) is 5.69 Å². The zero-order valence-electron chi connectivity index (χ0n) is 17.3. The van der Waals surface area contributed by atoms with E-state index in [-0.39, 0.29) is 23.1 Å². The highest BCUT2D eigenvalue weighted by Gasteiger charge is 2.35. The van der Waals surface area contributed by atoms with E-state index in [0.29, 0.717) is 18.7 Å². The van der Waals surface area contributed by atoms with Crippen LogP contribution in [0.4, 0.5) is 0 Å². The standard InChI is InChI=1S/C22H29N3O3S/c1-14-19-15(11-22(2,3)12-17(19)26)24-20(14)21(27)23-13-16(18-5-4-10-29-18)25-6-8-28-9-7-25/h4-5,10,16,24H,6-9,11-13H2,1-3H3,(H,23,27). The Balaban J connectivity index is 1.51. The number of carbonyl (C=O) groups excluding carboxylic acids is 2. The molecule has 0 bridgehead atoms. The molecule has 4 rings (SSSR count). The largest absolute Gasteiger partial charge is 0.379 e. The van der Waals surface area contributed by atoms with E-state index < -0.39 is 0 Å². The second-order valence-corrected chi connectivity index (χ2v) is 9.79. The maximum absolute atomic E-state index is 13.0. The minimum absolute atomic E-state index is 0.0737. The van der Waals surface area contributed by atoms with Crippen molar-refractivity contribution in [2.75, 3.05) is 32.8 Å². The number of thiophene rings is 1. The molecule has 1 atom stereocenters. The number of ketones is 1. The molecule has 156 valence electrons. The Morgan fingerprint density at radius 2 is 2.10 bits per heavy atom. The van der Waals surface area contributed by atoms with Crippen molar-refractivity contribution in [3.8, 4) is 0 Å². The Bertz CT molecular complexity index is 895. The third-order valence-corrected chi connectivity index (χ3v) is 6.92. The van der Waals surface area contributed by atoms with Gasteiger partial charge >= 0.3 is 0 Å². The molecule has 1 fully saturated rings. The number of hydrogen-bond donors (Lipinski definition) is 2. The normalized spacial score (nSPS) is 20.3. The molecule has 3 heterocycles. The number of aromatic amines is 1. The first kappa shape index (κ1) is 20.3. The van der Waals surface area contributed by atoms with Crippen molar-refractivity contribution in [2.45, 2.75) is 39.7 Å². The Morgan fingerprint density at radius 3 is 2.79 bits per heavy atom. The lowest BCUT2D eigenvalue weighted by Gasteiger charge is -2.34. The molecule has 1 saturated heterocycles. The third kappa shape index (κ3) is 4.17. The van der Waals surface area contributed by atoms with Crippen LogP contribution in [0.15, 0.2) is 17.5 Å². The summed E-state index contributed by atoms with van der Waals surface area (Å²) in [4.78, 5) is 32.5. The Kier molecular flexibility index (Phi) is 5.64. The lowest BCUT2D eigenvalue weighted by Crippen LogP contribution is -2.43. The summed E-state index contributed by atoms with van der Waals surface area (Å²) < 4.78 is 5.49. The molecule has 2 N–H and O–H groups in total. The van der Waals surface area contributed by atoms with E-state index in [1.807, 2.05) is 13.0 Å². The van der Waals surface area contributed by atoms with E-state index in [1.165, 1.54) is 4.88 Å². The summed E-state index contributed by atoms with van der Waals surface area (Å²) in [6.45, 7) is 9.75. The summed E-state index contributed by atoms with van der Waals surface area (Å²) in [5.74, 6) is -0.00819. The van der Waals surface area contributed by atoms with Crippen molar-refractivity contribution in [1.82, 2.24) is 15.2 Å². The lowest BCUT2D eigenvalue weighted by atomic mass is 9.75. The molecule has 0 saturated carbocycles. The number of rotatable bonds is 5. The summed E-state index contributed by atoms with van der Waals surface area (Å²) in [6, 6.07) is 4.30. The van der Waals surface area contributed by atoms with Crippen LogP contribution in [0.5, 0.6) is 0 Å². The van der Waals surface area contributed by atoms with Crippen LogP contribution in [0.2, 0.25) is 0 Å². The van der Waals surface area contributed by atoms with Crippen LogP contribution >= 0.6 is 11.3 Å². The van der Waals surface area contributed by atoms with Gasteiger partial charge in [-0.05, 0) is 35.8 Å². The number of carbonyl (C=O) groups is 2. The Hall–Kier alpha value is -1.96. The number of nitrogens with zero attached hydrogens (tertiary/aromatic N) is 1. The number of ether oxygens (including phenoxy) is 1. The van der Waals surface area contributed by atoms with Crippen LogP contribution in [-0.4, -0.2) is 54.4 Å². The number of fused-ring (bicyclic) bond motifs is 1. The lowest BCUT2D eigenvalue weighted by molar-refractivity contribution is 0.0169. The zero-order chi connectivity index (χ0) is 20.6. The maximum atomic E-state index is 13.0. The van der Waals surface area contributed by atoms with Crippen molar-refractivity contribution >= 4 is 23.0 Å². The number of hydrogen-bond acceptors (Lipinski definition) is 5. The van der Waals surface area contributed by atoms with Gasteiger partial charge in [-0.25, -0.2) is 0 Å². The van der Waals surface area contributed by atoms with Gasteiger partial charge in [0.05, 0.1) is 19.3 Å². The van der Waals surface area contributed by atoms with Crippen LogP contribution in [0.25, 0.3) is 0 Å². The molecule has 1 unspecified atom stereocenters. The molecule has 2 aromatic rings. The van der Waals surface area contributed by atoms with Gasteiger partial charge in [0.15, 0.2) is 5.78 Å². The van der Waals surface area contributed by atoms with E-state index >= 15 is 0 Å². The highest BCUT2D eigenvalue weighted by Crippen LogP contribution is 2.36. The second kappa shape index (κ2) is 8.05. The van der Waals surface area contributed by atoms with Crippen LogP contribution in [0, 0.1) is 12.3 Å². The first-order chi connectivity index (χ1) is 13.9. The number of aromatic nitrogens is 1. The van der Waals surface area contributed by atoms with Gasteiger partial charge in [-0.3, -0.25) is 14.5 Å². The fourth-order valence-electron chi connectivity index (χ4n) is 4.52. The summed E-state index contributed by atoms with van der Waals surface area (Å²) in [6.07, 6.45) is 1.31. The van der Waals surface area contributed by atoms with E-state index in [1.54, 1.807) is 11.3 Å². The highest BCUT2D eigenvalue weighted by molar-refractivity contribution is 7.10. The fraction of sp³-hybridized carbons (Fsp3) is 0.545. The average Bonchev–Trinajstić information content (AvgIpc) is 3.30. The SMILES string of the molecule is Cc1c(C(=O)NCC(c2cccs2)N2CCOCC2)[nH]c2c1C(=O)CC(C)(C)C2. The smallest absolute Gasteiger partial charge is 0.268 e. The van der Waals surface area contributed by atoms with Crippen LogP contribution < -0.4 is 5.32 Å². The number of nitrogens with one attached hydrogen (secondary N) is 2. The molecule has 0 aromatic carbocycles. The van der Waals surface area contributed by atoms with Gasteiger partial charge in [0.25, 0.3) is 5.91 Å². The predicted molar refractivity (Wildman–Crippen MR) is 114 cm³/mol. The molecule has 6 nitrogen and oxygen atoms in total. The maximum Gasteiger partial charge on any atom is 0.268 e. The zero-order valence-corrected chi connectivity index (χ0v) is 18.2. The van der Waals surface area contributed by atoms with Gasteiger partial charge in [0.2, 0.25) is 0 Å². The highest BCUT2D eigenvalue weighted by atomic mass is 32.1. The molecule has 1 amide bonds. The Morgan fingerprint density at radius 1 is 1.34 bits per heavy atom. The van der Waals surface area contributed by atoms with Gasteiger partial charge in [-0.2, -0.15) is 0 Å². The number of amides is 1. The molecule has 2 aliphatic rings. The molecule has 1 aliphatic carbocycles. The number of H-pyrrole nitrogens is 1. The van der Waals surface area contributed by atoms with Crippen molar-refractivity contribution in [1.29, 1.82) is 0 Å². The van der Waals surface area contributed by atoms with Gasteiger partial charge in [-0.1, -0.05) is 19.9 Å². The summed E-state index contributed by atoms with van der Waals surface area (Å²) >= 11 is 1.71. The van der Waals surface area contributed by atoms with Gasteiger partial charge < -0.3 is 15.0 Å². The first-order valence-electron chi connectivity index (χ1n) is 10.2. The fourth-order valence-corrected chi connectivity index (χ4v) is 5.38. The number of Topliss-reactive ketones (excluding diaryl/α,β-unsaturated/α-hetero) is 1. The molecule has 0 spiro atoms. The number of morpholine rings is 1. The summed E-state index contributed by atoms with van der Waals surface area (Å²) in [5.41, 5.74) is 2.84. The third-order valence-electron chi connectivity index (χ3n) is 5.94. The molecular weight excluding hydrogens is 386 g/mol. The van der Waals surface area contributed by atoms with Crippen LogP contribution in [0.1, 0.15) is 63.3 Å². The quantitative estimate of drug-likeness (QED) is 0.785. The summed E-state index contributed by atoms with van der Waals surface area (Å²) in [5, 5.41) is 5.18. The first-order valence-corrected chi connectivity index (χ1v) is 11.1. The summed E-state index contributed by atoms with van der Waals surface area (Å²) in [7, 11) is 0. The van der Waals surface area contributed by atoms with E-state index in [0.717, 1.165) is 49.5 Å². The topological polar surface area (TPSA) is 74.4 Å². The monoisotopic (exact) mass is 415 g/mol. The molecule has 7 heteroatoms. The second-order valence-electron chi connectivity index (χ2n) is 8.81. The van der Waals surface area contributed by atoms with Crippen molar-refractivity contribution < 1.29 is 14.3 Å². The Labute approximate surface area is 175 Å². The molecule has 2 aromatic heterocycles. The van der Waals surface area contributed by atoms with Crippen molar-refractivity contribution in [2.24, 2.45) is 5.41 Å². The van der Waals surface area contributed by atoms with E-state index in [2.05, 4.69) is 40.5 Å². The minimum atomic E-state index is -0.141. The molecule has 1 aliphatic heterocycles. The molecule has 29 heavy (non-hydrogen) atoms.